The number of fused-ring (bicyclic) bond motifs is 3. The summed E-state index contributed by atoms with van der Waals surface area (Å²) in [5, 5.41) is 23.4. The number of hydrogen-bond acceptors (Lipinski definition) is 6. The van der Waals surface area contributed by atoms with Gasteiger partial charge in [0.1, 0.15) is 0 Å². The fraction of sp³-hybridized carbons (Fsp3) is 0.388. The number of aromatic hydroxyl groups is 1. The molecule has 3 fully saturated rings. The number of amides is 2. The molecular weight excluding hydrogens is 756 g/mol. The molecule has 0 aromatic heterocycles. The lowest BCUT2D eigenvalue weighted by Crippen LogP contribution is -2.66. The van der Waals surface area contributed by atoms with Crippen LogP contribution in [0.25, 0.3) is 11.6 Å². The standard InChI is InChI=1S/C49H55BFNO6Si/c1-49(2,3)59(38-20-12-6-13-21-38,39-22-14-7-15-23-39)57-32-36-30-40-46(48(55)52(47(40)54)37-18-10-5-11-19-37)41-31-50(56)58-44(45(36)41)27-25-35(34-16-8-4-9-17-34)28-33-24-26-43(53)42(51)29-33/h4,6-9,12-17,20-24,26,28-29,37,40-41,44,46,53,56H,5,10-11,18-19,25,27,30-32H2,1-3H3/b35-28-/t40-,41+,44-,46-/m1/s1. The SMILES string of the molecule is CC(C)(C)[Si](OCC1=C2[C@@H](CC/C(=C/c3ccc(O)c(F)c3)c3ccccc3)OB(O)C[C@@H]2[C@@H]2C(=O)N(C3CCCCC3)C(=O)[C@@H]2C1)(c1ccccc1)c1ccccc1. The molecule has 7 nitrogen and oxygen atoms in total. The molecule has 8 rings (SSSR count). The van der Waals surface area contributed by atoms with Gasteiger partial charge in [-0.05, 0) is 99.7 Å². The Balaban J connectivity index is 1.21. The number of halogens is 1. The number of nitrogens with zero attached hydrogens (tertiary/aromatic N) is 1. The first kappa shape index (κ1) is 41.1. The topological polar surface area (TPSA) is 96.3 Å². The van der Waals surface area contributed by atoms with Crippen LogP contribution in [0.5, 0.6) is 5.75 Å². The summed E-state index contributed by atoms with van der Waals surface area (Å²) in [6.07, 6.45) is 7.76. The average Bonchev–Trinajstić information content (AvgIpc) is 3.49. The van der Waals surface area contributed by atoms with Gasteiger partial charge in [-0.25, -0.2) is 4.39 Å². The van der Waals surface area contributed by atoms with Gasteiger partial charge in [0.05, 0.1) is 24.5 Å². The highest BCUT2D eigenvalue weighted by molar-refractivity contribution is 6.99. The second-order valence-electron chi connectivity index (χ2n) is 17.9. The minimum absolute atomic E-state index is 0.0816. The van der Waals surface area contributed by atoms with Gasteiger partial charge in [-0.3, -0.25) is 14.5 Å². The molecule has 4 aliphatic rings. The molecule has 306 valence electrons. The van der Waals surface area contributed by atoms with E-state index in [4.69, 9.17) is 9.08 Å². The molecule has 59 heavy (non-hydrogen) atoms. The summed E-state index contributed by atoms with van der Waals surface area (Å²) in [4.78, 5) is 30.8. The number of imide groups is 1. The van der Waals surface area contributed by atoms with Crippen LogP contribution in [-0.2, 0) is 18.7 Å². The molecule has 4 aromatic rings. The van der Waals surface area contributed by atoms with Gasteiger partial charge in [0.25, 0.3) is 8.32 Å². The third-order valence-electron chi connectivity index (χ3n) is 13.3. The first-order chi connectivity index (χ1) is 28.5. The van der Waals surface area contributed by atoms with Gasteiger partial charge >= 0.3 is 7.12 Å². The zero-order valence-electron chi connectivity index (χ0n) is 34.4. The van der Waals surface area contributed by atoms with Crippen molar-refractivity contribution < 1.29 is 33.2 Å². The third kappa shape index (κ3) is 8.05. The van der Waals surface area contributed by atoms with Crippen molar-refractivity contribution in [2.45, 2.75) is 95.6 Å². The maximum Gasteiger partial charge on any atom is 0.455 e. The summed E-state index contributed by atoms with van der Waals surface area (Å²) >= 11 is 0. The number of rotatable bonds is 11. The van der Waals surface area contributed by atoms with E-state index in [1.165, 1.54) is 12.1 Å². The van der Waals surface area contributed by atoms with Crippen LogP contribution in [0.1, 0.15) is 83.3 Å². The van der Waals surface area contributed by atoms with Crippen molar-refractivity contribution in [2.75, 3.05) is 6.61 Å². The van der Waals surface area contributed by atoms with Crippen LogP contribution in [0.4, 0.5) is 4.39 Å². The second kappa shape index (κ2) is 17.2. The molecule has 4 atom stereocenters. The molecule has 1 saturated carbocycles. The highest BCUT2D eigenvalue weighted by Crippen LogP contribution is 2.52. The van der Waals surface area contributed by atoms with Crippen molar-refractivity contribution >= 4 is 49.3 Å². The fourth-order valence-electron chi connectivity index (χ4n) is 10.6. The summed E-state index contributed by atoms with van der Waals surface area (Å²) in [6.45, 7) is 7.01. The lowest BCUT2D eigenvalue weighted by Gasteiger charge is -2.46. The van der Waals surface area contributed by atoms with Crippen LogP contribution in [0.15, 0.2) is 120 Å². The first-order valence-electron chi connectivity index (χ1n) is 21.4. The molecule has 10 heteroatoms. The first-order valence-corrected chi connectivity index (χ1v) is 23.3. The molecule has 2 aliphatic carbocycles. The third-order valence-corrected chi connectivity index (χ3v) is 18.3. The Morgan fingerprint density at radius 1 is 0.881 bits per heavy atom. The van der Waals surface area contributed by atoms with Crippen LogP contribution in [0.2, 0.25) is 11.4 Å². The summed E-state index contributed by atoms with van der Waals surface area (Å²) < 4.78 is 28.6. The molecule has 2 aliphatic heterocycles. The van der Waals surface area contributed by atoms with E-state index in [2.05, 4.69) is 69.3 Å². The van der Waals surface area contributed by atoms with Crippen molar-refractivity contribution in [3.05, 3.63) is 137 Å². The quantitative estimate of drug-likeness (QED) is 0.0683. The zero-order valence-corrected chi connectivity index (χ0v) is 35.4. The lowest BCUT2D eigenvalue weighted by atomic mass is 9.58. The van der Waals surface area contributed by atoms with Crippen LogP contribution < -0.4 is 10.4 Å². The summed E-state index contributed by atoms with van der Waals surface area (Å²) in [7, 11) is -4.12. The molecule has 0 unspecified atom stereocenters. The second-order valence-corrected chi connectivity index (χ2v) is 22.2. The van der Waals surface area contributed by atoms with Gasteiger partial charge in [0, 0.05) is 6.04 Å². The predicted molar refractivity (Wildman–Crippen MR) is 234 cm³/mol. The van der Waals surface area contributed by atoms with Crippen LogP contribution >= 0.6 is 0 Å². The van der Waals surface area contributed by atoms with E-state index in [0.717, 1.165) is 64.8 Å². The van der Waals surface area contributed by atoms with Crippen molar-refractivity contribution in [1.82, 2.24) is 4.90 Å². The number of hydrogen-bond donors (Lipinski definition) is 2. The van der Waals surface area contributed by atoms with E-state index in [1.54, 1.807) is 11.0 Å². The molecule has 0 bridgehead atoms. The number of carbonyl (C=O) groups excluding carboxylic acids is 2. The monoisotopic (exact) mass is 811 g/mol. The summed E-state index contributed by atoms with van der Waals surface area (Å²) in [5.41, 5.74) is 4.47. The van der Waals surface area contributed by atoms with Crippen LogP contribution in [0, 0.1) is 23.6 Å². The Kier molecular flexibility index (Phi) is 12.0. The molecule has 2 heterocycles. The van der Waals surface area contributed by atoms with Crippen molar-refractivity contribution in [1.29, 1.82) is 0 Å². The Bertz CT molecular complexity index is 2160. The van der Waals surface area contributed by atoms with Gasteiger partial charge in [-0.2, -0.15) is 0 Å². The van der Waals surface area contributed by atoms with Gasteiger partial charge in [-0.15, -0.1) is 0 Å². The Labute approximate surface area is 349 Å². The number of allylic oxidation sites excluding steroid dienone is 1. The smallest absolute Gasteiger partial charge is 0.455 e. The molecule has 2 saturated heterocycles. The van der Waals surface area contributed by atoms with Gasteiger partial charge in [-0.1, -0.05) is 143 Å². The van der Waals surface area contributed by atoms with E-state index >= 15 is 0 Å². The minimum atomic E-state index is -3.01. The van der Waals surface area contributed by atoms with Crippen molar-refractivity contribution in [2.24, 2.45) is 17.8 Å². The van der Waals surface area contributed by atoms with Gasteiger partial charge in [0.15, 0.2) is 11.6 Å². The van der Waals surface area contributed by atoms with E-state index in [-0.39, 0.29) is 41.7 Å². The Morgan fingerprint density at radius 3 is 2.12 bits per heavy atom. The predicted octanol–water partition coefficient (Wildman–Crippen LogP) is 8.56. The summed E-state index contributed by atoms with van der Waals surface area (Å²) in [5.74, 6) is -2.77. The molecule has 0 radical (unpaired) electrons. The fourth-order valence-corrected chi connectivity index (χ4v) is 15.2. The van der Waals surface area contributed by atoms with E-state index in [9.17, 15) is 24.1 Å². The molecule has 0 spiro atoms. The highest BCUT2D eigenvalue weighted by atomic mass is 28.4. The maximum atomic E-state index is 14.6. The van der Waals surface area contributed by atoms with Crippen LogP contribution in [-0.4, -0.2) is 61.0 Å². The Hall–Kier alpha value is -4.61. The molecule has 2 N–H and O–H groups in total. The number of benzene rings is 4. The van der Waals surface area contributed by atoms with Crippen molar-refractivity contribution in [3.8, 4) is 5.75 Å². The van der Waals surface area contributed by atoms with E-state index in [1.807, 2.05) is 48.5 Å². The van der Waals surface area contributed by atoms with Gasteiger partial charge in [0.2, 0.25) is 11.8 Å². The average molecular weight is 812 g/mol. The maximum absolute atomic E-state index is 14.6. The number of phenolic OH excluding ortho intramolecular Hbond substituents is 1. The normalized spacial score (nSPS) is 23.1. The van der Waals surface area contributed by atoms with Gasteiger partial charge < -0.3 is 19.2 Å². The molecule has 4 aromatic carbocycles. The minimum Gasteiger partial charge on any atom is -0.505 e. The molecular formula is C49H55BFNO6Si. The number of likely N-dealkylation sites (tertiary alicyclic amines) is 1. The number of carbonyl (C=O) groups is 2. The largest absolute Gasteiger partial charge is 0.505 e. The van der Waals surface area contributed by atoms with Crippen molar-refractivity contribution in [3.63, 3.8) is 0 Å². The Morgan fingerprint density at radius 2 is 1.51 bits per heavy atom. The summed E-state index contributed by atoms with van der Waals surface area (Å²) in [6, 6.07) is 35.2. The van der Waals surface area contributed by atoms with Crippen LogP contribution in [0.3, 0.4) is 0 Å². The zero-order chi connectivity index (χ0) is 41.3. The number of phenols is 1. The van der Waals surface area contributed by atoms with E-state index in [0.29, 0.717) is 24.8 Å². The van der Waals surface area contributed by atoms with E-state index < -0.39 is 44.9 Å². The highest BCUT2D eigenvalue weighted by Gasteiger charge is 2.59. The lowest BCUT2D eigenvalue weighted by molar-refractivity contribution is -0.143. The molecule has 2 amide bonds.